The third-order valence-corrected chi connectivity index (χ3v) is 3.23. The highest BCUT2D eigenvalue weighted by molar-refractivity contribution is 9.09. The summed E-state index contributed by atoms with van der Waals surface area (Å²) in [6.07, 6.45) is 0.164. The first kappa shape index (κ1) is 12.9. The molecule has 18 heavy (non-hydrogen) atoms. The minimum absolute atomic E-state index is 0.155. The van der Waals surface area contributed by atoms with Crippen LogP contribution in [0.25, 0.3) is 0 Å². The van der Waals surface area contributed by atoms with Crippen LogP contribution in [0.4, 0.5) is 14.5 Å². The number of aromatic carboxylic acids is 1. The number of halogens is 3. The van der Waals surface area contributed by atoms with Crippen LogP contribution in [0.3, 0.4) is 0 Å². The van der Waals surface area contributed by atoms with Gasteiger partial charge in [0.05, 0.1) is 5.69 Å². The number of carbonyl (C=O) groups is 2. The molecule has 1 heterocycles. The topological polar surface area (TPSA) is 57.6 Å². The number of alkyl halides is 1. The van der Waals surface area contributed by atoms with Crippen LogP contribution in [-0.2, 0) is 4.79 Å². The van der Waals surface area contributed by atoms with E-state index in [9.17, 15) is 18.4 Å². The number of carboxylic acids is 1. The summed E-state index contributed by atoms with van der Waals surface area (Å²) in [5, 5.41) is 8.94. The van der Waals surface area contributed by atoms with E-state index in [2.05, 4.69) is 15.9 Å². The van der Waals surface area contributed by atoms with Crippen molar-refractivity contribution in [1.29, 1.82) is 0 Å². The largest absolute Gasteiger partial charge is 0.478 e. The van der Waals surface area contributed by atoms with E-state index >= 15 is 0 Å². The number of hydrogen-bond acceptors (Lipinski definition) is 2. The maximum absolute atomic E-state index is 13.5. The van der Waals surface area contributed by atoms with Gasteiger partial charge in [0.15, 0.2) is 0 Å². The maximum atomic E-state index is 13.5. The molecule has 96 valence electrons. The van der Waals surface area contributed by atoms with Crippen LogP contribution in [0.5, 0.6) is 0 Å². The van der Waals surface area contributed by atoms with Crippen LogP contribution in [0.15, 0.2) is 12.1 Å². The highest BCUT2D eigenvalue weighted by Gasteiger charge is 2.33. The fraction of sp³-hybridized carbons (Fsp3) is 0.273. The normalized spacial score (nSPS) is 19.4. The van der Waals surface area contributed by atoms with E-state index in [-0.39, 0.29) is 29.4 Å². The van der Waals surface area contributed by atoms with Crippen LogP contribution in [0, 0.1) is 11.6 Å². The molecule has 0 aromatic heterocycles. The van der Waals surface area contributed by atoms with E-state index in [0.717, 1.165) is 11.0 Å². The Kier molecular flexibility index (Phi) is 3.34. The number of rotatable bonds is 2. The van der Waals surface area contributed by atoms with Crippen molar-refractivity contribution in [2.75, 3.05) is 11.4 Å². The first-order valence-electron chi connectivity index (χ1n) is 5.07. The number of amides is 1. The zero-order valence-corrected chi connectivity index (χ0v) is 10.6. The summed E-state index contributed by atoms with van der Waals surface area (Å²) in [7, 11) is 0. The number of carbonyl (C=O) groups excluding carboxylic acids is 1. The van der Waals surface area contributed by atoms with Crippen molar-refractivity contribution in [2.24, 2.45) is 0 Å². The molecule has 1 atom stereocenters. The van der Waals surface area contributed by atoms with Gasteiger partial charge >= 0.3 is 5.97 Å². The van der Waals surface area contributed by atoms with E-state index in [4.69, 9.17) is 5.11 Å². The van der Waals surface area contributed by atoms with Crippen molar-refractivity contribution >= 4 is 33.5 Å². The smallest absolute Gasteiger partial charge is 0.340 e. The van der Waals surface area contributed by atoms with Gasteiger partial charge in [-0.2, -0.15) is 0 Å². The van der Waals surface area contributed by atoms with Gasteiger partial charge in [-0.15, -0.1) is 0 Å². The monoisotopic (exact) mass is 319 g/mol. The fourth-order valence-electron chi connectivity index (χ4n) is 1.88. The van der Waals surface area contributed by atoms with E-state index in [0.29, 0.717) is 6.07 Å². The molecule has 1 aromatic rings. The molecule has 0 radical (unpaired) electrons. The number of nitrogens with zero attached hydrogens (tertiary/aromatic N) is 1. The van der Waals surface area contributed by atoms with Gasteiger partial charge in [-0.25, -0.2) is 13.6 Å². The number of benzene rings is 1. The van der Waals surface area contributed by atoms with Crippen LogP contribution in [-0.4, -0.2) is 28.4 Å². The SMILES string of the molecule is O=C(O)c1c(F)cc(F)cc1N1CC(Br)CC1=O. The summed E-state index contributed by atoms with van der Waals surface area (Å²) in [4.78, 5) is 23.6. The summed E-state index contributed by atoms with van der Waals surface area (Å²) in [6, 6.07) is 1.34. The molecule has 1 fully saturated rings. The molecular weight excluding hydrogens is 312 g/mol. The summed E-state index contributed by atoms with van der Waals surface area (Å²) in [5.41, 5.74) is -0.932. The third-order valence-electron chi connectivity index (χ3n) is 2.62. The van der Waals surface area contributed by atoms with Crippen LogP contribution in [0.2, 0.25) is 0 Å². The number of anilines is 1. The lowest BCUT2D eigenvalue weighted by atomic mass is 10.1. The zero-order valence-electron chi connectivity index (χ0n) is 8.99. The Morgan fingerprint density at radius 2 is 2.11 bits per heavy atom. The van der Waals surface area contributed by atoms with Crippen molar-refractivity contribution < 1.29 is 23.5 Å². The van der Waals surface area contributed by atoms with E-state index in [1.54, 1.807) is 0 Å². The van der Waals surface area contributed by atoms with Gasteiger partial charge < -0.3 is 10.0 Å². The average Bonchev–Trinajstić information content (AvgIpc) is 2.55. The van der Waals surface area contributed by atoms with Crippen molar-refractivity contribution in [2.45, 2.75) is 11.2 Å². The minimum atomic E-state index is -1.53. The van der Waals surface area contributed by atoms with Crippen molar-refractivity contribution in [1.82, 2.24) is 0 Å². The molecule has 2 rings (SSSR count). The predicted octanol–water partition coefficient (Wildman–Crippen LogP) is 2.16. The van der Waals surface area contributed by atoms with Gasteiger partial charge in [-0.1, -0.05) is 15.9 Å². The first-order valence-corrected chi connectivity index (χ1v) is 5.98. The molecule has 1 saturated heterocycles. The Bertz CT molecular complexity index is 535. The summed E-state index contributed by atoms with van der Waals surface area (Å²) >= 11 is 3.22. The van der Waals surface area contributed by atoms with E-state index < -0.39 is 23.2 Å². The second-order valence-corrected chi connectivity index (χ2v) is 5.19. The van der Waals surface area contributed by atoms with E-state index in [1.165, 1.54) is 0 Å². The lowest BCUT2D eigenvalue weighted by Gasteiger charge is -2.18. The molecule has 1 unspecified atom stereocenters. The Morgan fingerprint density at radius 3 is 2.61 bits per heavy atom. The molecule has 0 aliphatic carbocycles. The molecule has 0 saturated carbocycles. The summed E-state index contributed by atoms with van der Waals surface area (Å²) in [5.74, 6) is -4.01. The second-order valence-electron chi connectivity index (χ2n) is 3.89. The number of hydrogen-bond donors (Lipinski definition) is 1. The fourth-order valence-corrected chi connectivity index (χ4v) is 2.45. The Hall–Kier alpha value is -1.50. The second kappa shape index (κ2) is 4.64. The minimum Gasteiger partial charge on any atom is -0.478 e. The van der Waals surface area contributed by atoms with Gasteiger partial charge in [0.25, 0.3) is 0 Å². The summed E-state index contributed by atoms with van der Waals surface area (Å²) in [6.45, 7) is 0.183. The van der Waals surface area contributed by atoms with Crippen molar-refractivity contribution in [3.05, 3.63) is 29.3 Å². The molecule has 1 aliphatic rings. The van der Waals surface area contributed by atoms with Crippen molar-refractivity contribution in [3.63, 3.8) is 0 Å². The van der Waals surface area contributed by atoms with E-state index in [1.807, 2.05) is 0 Å². The Balaban J connectivity index is 2.56. The van der Waals surface area contributed by atoms with Crippen LogP contribution < -0.4 is 4.90 Å². The number of carboxylic acid groups (broad SMARTS) is 1. The molecule has 1 N–H and O–H groups in total. The highest BCUT2D eigenvalue weighted by Crippen LogP contribution is 2.30. The molecule has 1 amide bonds. The molecule has 0 spiro atoms. The Morgan fingerprint density at radius 1 is 1.44 bits per heavy atom. The van der Waals surface area contributed by atoms with Gasteiger partial charge in [-0.3, -0.25) is 4.79 Å². The van der Waals surface area contributed by atoms with Crippen LogP contribution >= 0.6 is 15.9 Å². The zero-order chi connectivity index (χ0) is 13.4. The molecule has 0 bridgehead atoms. The Labute approximate surface area is 109 Å². The third kappa shape index (κ3) is 2.22. The molecular formula is C11H8BrF2NO3. The lowest BCUT2D eigenvalue weighted by molar-refractivity contribution is -0.117. The summed E-state index contributed by atoms with van der Waals surface area (Å²) < 4.78 is 26.6. The molecule has 1 aliphatic heterocycles. The first-order chi connectivity index (χ1) is 8.40. The van der Waals surface area contributed by atoms with Gasteiger partial charge in [0, 0.05) is 23.9 Å². The van der Waals surface area contributed by atoms with Gasteiger partial charge in [0.2, 0.25) is 5.91 Å². The van der Waals surface area contributed by atoms with Crippen LogP contribution in [0.1, 0.15) is 16.8 Å². The van der Waals surface area contributed by atoms with Gasteiger partial charge in [0.1, 0.15) is 17.2 Å². The van der Waals surface area contributed by atoms with Crippen molar-refractivity contribution in [3.8, 4) is 0 Å². The lowest BCUT2D eigenvalue weighted by Crippen LogP contribution is -2.27. The molecule has 7 heteroatoms. The average molecular weight is 320 g/mol. The molecule has 4 nitrogen and oxygen atoms in total. The predicted molar refractivity (Wildman–Crippen MR) is 63.0 cm³/mol. The maximum Gasteiger partial charge on any atom is 0.340 e. The standard InChI is InChI=1S/C11H8BrF2NO3/c12-5-1-9(16)15(4-5)8-3-6(13)2-7(14)10(8)11(17)18/h2-3,5H,1,4H2,(H,17,18). The quantitative estimate of drug-likeness (QED) is 0.850. The molecule has 1 aromatic carbocycles. The van der Waals surface area contributed by atoms with Gasteiger partial charge in [-0.05, 0) is 6.07 Å². The highest BCUT2D eigenvalue weighted by atomic mass is 79.9.